The second-order valence-electron chi connectivity index (χ2n) is 4.41. The summed E-state index contributed by atoms with van der Waals surface area (Å²) in [4.78, 5) is 13.8. The van der Waals surface area contributed by atoms with Crippen molar-refractivity contribution in [2.24, 2.45) is 5.92 Å². The van der Waals surface area contributed by atoms with E-state index in [0.29, 0.717) is 12.3 Å². The van der Waals surface area contributed by atoms with Gasteiger partial charge >= 0.3 is 0 Å². The quantitative estimate of drug-likeness (QED) is 0.746. The Morgan fingerprint density at radius 1 is 1.67 bits per heavy atom. The third-order valence-electron chi connectivity index (χ3n) is 2.55. The minimum Gasteiger partial charge on any atom is -0.355 e. The zero-order valence-corrected chi connectivity index (χ0v) is 9.49. The first-order chi connectivity index (χ1) is 7.15. The molecule has 0 radical (unpaired) electrons. The SMILES string of the molecule is CC(C)CN1CCCNC(=O)C1CC#N. The van der Waals surface area contributed by atoms with E-state index in [4.69, 9.17) is 5.26 Å². The zero-order chi connectivity index (χ0) is 11.3. The molecule has 1 heterocycles. The van der Waals surface area contributed by atoms with Gasteiger partial charge in [-0.3, -0.25) is 9.69 Å². The van der Waals surface area contributed by atoms with Crippen LogP contribution in [-0.4, -0.2) is 36.5 Å². The van der Waals surface area contributed by atoms with E-state index in [1.807, 2.05) is 0 Å². The highest BCUT2D eigenvalue weighted by molar-refractivity contribution is 5.82. The van der Waals surface area contributed by atoms with Crippen LogP contribution in [0.2, 0.25) is 0 Å². The molecule has 0 aromatic carbocycles. The van der Waals surface area contributed by atoms with Gasteiger partial charge in [-0.15, -0.1) is 0 Å². The summed E-state index contributed by atoms with van der Waals surface area (Å²) in [5.74, 6) is 0.534. The fourth-order valence-electron chi connectivity index (χ4n) is 1.93. The standard InChI is InChI=1S/C11H19N3O/c1-9(2)8-14-7-3-6-13-11(15)10(14)4-5-12/h9-10H,3-4,6-8H2,1-2H3,(H,13,15). The molecule has 0 bridgehead atoms. The van der Waals surface area contributed by atoms with E-state index < -0.39 is 0 Å². The molecule has 1 rings (SSSR count). The van der Waals surface area contributed by atoms with Crippen LogP contribution in [0.15, 0.2) is 0 Å². The number of hydrogen-bond acceptors (Lipinski definition) is 3. The van der Waals surface area contributed by atoms with Crippen LogP contribution in [0.3, 0.4) is 0 Å². The maximum Gasteiger partial charge on any atom is 0.238 e. The van der Waals surface area contributed by atoms with Crippen molar-refractivity contribution in [1.29, 1.82) is 5.26 Å². The molecule has 84 valence electrons. The van der Waals surface area contributed by atoms with Crippen LogP contribution < -0.4 is 5.32 Å². The Kier molecular flexibility index (Phi) is 4.57. The zero-order valence-electron chi connectivity index (χ0n) is 9.49. The lowest BCUT2D eigenvalue weighted by Gasteiger charge is -2.27. The van der Waals surface area contributed by atoms with Gasteiger partial charge in [0, 0.05) is 19.6 Å². The van der Waals surface area contributed by atoms with Crippen molar-refractivity contribution in [3.8, 4) is 6.07 Å². The summed E-state index contributed by atoms with van der Waals surface area (Å²) in [5.41, 5.74) is 0. The molecule has 1 unspecified atom stereocenters. The molecule has 1 aliphatic rings. The molecule has 1 fully saturated rings. The van der Waals surface area contributed by atoms with E-state index in [0.717, 1.165) is 26.1 Å². The van der Waals surface area contributed by atoms with Crippen LogP contribution in [0, 0.1) is 17.2 Å². The van der Waals surface area contributed by atoms with Gasteiger partial charge in [-0.25, -0.2) is 0 Å². The van der Waals surface area contributed by atoms with Gasteiger partial charge in [0.1, 0.15) is 6.04 Å². The van der Waals surface area contributed by atoms with Gasteiger partial charge < -0.3 is 5.32 Å². The maximum absolute atomic E-state index is 11.7. The van der Waals surface area contributed by atoms with Crippen LogP contribution in [0.4, 0.5) is 0 Å². The molecular formula is C11H19N3O. The van der Waals surface area contributed by atoms with Crippen molar-refractivity contribution < 1.29 is 4.79 Å². The number of carbonyl (C=O) groups is 1. The van der Waals surface area contributed by atoms with Gasteiger partial charge in [0.05, 0.1) is 12.5 Å². The van der Waals surface area contributed by atoms with Crippen molar-refractivity contribution in [2.45, 2.75) is 32.7 Å². The Morgan fingerprint density at radius 3 is 3.00 bits per heavy atom. The summed E-state index contributed by atoms with van der Waals surface area (Å²) in [6, 6.07) is 1.85. The number of nitrogens with one attached hydrogen (secondary N) is 1. The molecule has 15 heavy (non-hydrogen) atoms. The number of rotatable bonds is 3. The largest absolute Gasteiger partial charge is 0.355 e. The first-order valence-electron chi connectivity index (χ1n) is 5.54. The summed E-state index contributed by atoms with van der Waals surface area (Å²) in [6.45, 7) is 6.79. The van der Waals surface area contributed by atoms with Gasteiger partial charge in [-0.1, -0.05) is 13.8 Å². The molecule has 0 aromatic rings. The van der Waals surface area contributed by atoms with Crippen LogP contribution in [0.1, 0.15) is 26.7 Å². The average molecular weight is 209 g/mol. The predicted octanol–water partition coefficient (Wildman–Crippen LogP) is 0.747. The summed E-state index contributed by atoms with van der Waals surface area (Å²) in [6.07, 6.45) is 1.26. The lowest BCUT2D eigenvalue weighted by atomic mass is 10.1. The van der Waals surface area contributed by atoms with Crippen molar-refractivity contribution in [3.63, 3.8) is 0 Å². The van der Waals surface area contributed by atoms with Crippen LogP contribution in [0.25, 0.3) is 0 Å². The Labute approximate surface area is 91.2 Å². The first kappa shape index (κ1) is 12.0. The molecule has 1 N–H and O–H groups in total. The highest BCUT2D eigenvalue weighted by Crippen LogP contribution is 2.11. The van der Waals surface area contributed by atoms with Crippen LogP contribution in [0.5, 0.6) is 0 Å². The first-order valence-corrected chi connectivity index (χ1v) is 5.54. The maximum atomic E-state index is 11.7. The molecule has 0 spiro atoms. The minimum absolute atomic E-state index is 0.00898. The van der Waals surface area contributed by atoms with E-state index in [2.05, 4.69) is 30.1 Å². The summed E-state index contributed by atoms with van der Waals surface area (Å²) < 4.78 is 0. The van der Waals surface area contributed by atoms with Crippen molar-refractivity contribution >= 4 is 5.91 Å². The van der Waals surface area contributed by atoms with Gasteiger partial charge in [-0.05, 0) is 12.3 Å². The topological polar surface area (TPSA) is 56.1 Å². The molecule has 1 saturated heterocycles. The van der Waals surface area contributed by atoms with Crippen LogP contribution in [-0.2, 0) is 4.79 Å². The second-order valence-corrected chi connectivity index (χ2v) is 4.41. The van der Waals surface area contributed by atoms with Crippen molar-refractivity contribution in [2.75, 3.05) is 19.6 Å². The fraction of sp³-hybridized carbons (Fsp3) is 0.818. The Bertz CT molecular complexity index is 257. The smallest absolute Gasteiger partial charge is 0.238 e. The Hall–Kier alpha value is -1.08. The highest BCUT2D eigenvalue weighted by Gasteiger charge is 2.27. The number of amides is 1. The monoisotopic (exact) mass is 209 g/mol. The lowest BCUT2D eigenvalue weighted by Crippen LogP contribution is -2.45. The average Bonchev–Trinajstić information content (AvgIpc) is 2.32. The number of nitrogens with zero attached hydrogens (tertiary/aromatic N) is 2. The number of hydrogen-bond donors (Lipinski definition) is 1. The molecule has 1 atom stereocenters. The molecule has 1 aliphatic heterocycles. The third kappa shape index (κ3) is 3.52. The Balaban J connectivity index is 2.69. The van der Waals surface area contributed by atoms with Crippen molar-refractivity contribution in [3.05, 3.63) is 0 Å². The molecular weight excluding hydrogens is 190 g/mol. The van der Waals surface area contributed by atoms with Gasteiger partial charge in [-0.2, -0.15) is 5.26 Å². The molecule has 4 nitrogen and oxygen atoms in total. The summed E-state index contributed by atoms with van der Waals surface area (Å²) in [5, 5.41) is 11.6. The van der Waals surface area contributed by atoms with Gasteiger partial charge in [0.15, 0.2) is 0 Å². The predicted molar refractivity (Wildman–Crippen MR) is 58.1 cm³/mol. The highest BCUT2D eigenvalue weighted by atomic mass is 16.2. The lowest BCUT2D eigenvalue weighted by molar-refractivity contribution is -0.125. The molecule has 0 saturated carbocycles. The summed E-state index contributed by atoms with van der Waals surface area (Å²) in [7, 11) is 0. The fourth-order valence-corrected chi connectivity index (χ4v) is 1.93. The minimum atomic E-state index is -0.250. The van der Waals surface area contributed by atoms with E-state index in [9.17, 15) is 4.79 Å². The van der Waals surface area contributed by atoms with Crippen LogP contribution >= 0.6 is 0 Å². The van der Waals surface area contributed by atoms with E-state index in [-0.39, 0.29) is 11.9 Å². The Morgan fingerprint density at radius 2 is 2.40 bits per heavy atom. The normalized spacial score (nSPS) is 23.3. The van der Waals surface area contributed by atoms with E-state index in [1.165, 1.54) is 0 Å². The molecule has 1 amide bonds. The van der Waals surface area contributed by atoms with Gasteiger partial charge in [0.25, 0.3) is 0 Å². The molecule has 0 aromatic heterocycles. The number of carbonyl (C=O) groups excluding carboxylic acids is 1. The second kappa shape index (κ2) is 5.72. The van der Waals surface area contributed by atoms with E-state index >= 15 is 0 Å². The van der Waals surface area contributed by atoms with Crippen molar-refractivity contribution in [1.82, 2.24) is 10.2 Å². The summed E-state index contributed by atoms with van der Waals surface area (Å²) >= 11 is 0. The molecule has 4 heteroatoms. The number of nitriles is 1. The van der Waals surface area contributed by atoms with Gasteiger partial charge in [0.2, 0.25) is 5.91 Å². The van der Waals surface area contributed by atoms with E-state index in [1.54, 1.807) is 0 Å². The molecule has 0 aliphatic carbocycles. The third-order valence-corrected chi connectivity index (χ3v) is 2.55.